The number of guanidine groups is 1. The zero-order valence-electron chi connectivity index (χ0n) is 13.0. The van der Waals surface area contributed by atoms with Gasteiger partial charge in [-0.05, 0) is 24.5 Å². The lowest BCUT2D eigenvalue weighted by molar-refractivity contribution is 0.573. The maximum atomic E-state index is 12.1. The Morgan fingerprint density at radius 3 is 2.33 bits per heavy atom. The molecule has 0 aromatic heterocycles. The van der Waals surface area contributed by atoms with Crippen LogP contribution in [0.5, 0.6) is 0 Å². The van der Waals surface area contributed by atoms with Crippen LogP contribution in [0.2, 0.25) is 0 Å². The third-order valence-corrected chi connectivity index (χ3v) is 4.74. The summed E-state index contributed by atoms with van der Waals surface area (Å²) in [5, 5.41) is 6.20. The Kier molecular flexibility index (Phi) is 7.22. The number of rotatable bonds is 7. The number of benzene rings is 1. The minimum absolute atomic E-state index is 0.0435. The molecular weight excluding hydrogens is 286 g/mol. The van der Waals surface area contributed by atoms with Crippen molar-refractivity contribution in [3.05, 3.63) is 30.3 Å². The van der Waals surface area contributed by atoms with E-state index in [1.165, 1.54) is 0 Å². The van der Waals surface area contributed by atoms with Crippen molar-refractivity contribution >= 4 is 15.8 Å². The molecule has 0 amide bonds. The smallest absolute Gasteiger partial charge is 0.191 e. The fourth-order valence-corrected chi connectivity index (χ4v) is 2.93. The molecule has 0 fully saturated rings. The molecule has 1 aromatic carbocycles. The van der Waals surface area contributed by atoms with Crippen molar-refractivity contribution in [3.63, 3.8) is 0 Å². The molecule has 6 heteroatoms. The van der Waals surface area contributed by atoms with Gasteiger partial charge < -0.3 is 10.6 Å². The molecule has 0 spiro atoms. The zero-order valence-corrected chi connectivity index (χ0v) is 13.8. The van der Waals surface area contributed by atoms with Gasteiger partial charge in [0.1, 0.15) is 0 Å². The molecule has 0 aliphatic carbocycles. The lowest BCUT2D eigenvalue weighted by Gasteiger charge is -2.13. The zero-order chi connectivity index (χ0) is 15.7. The minimum atomic E-state index is -3.24. The third-order valence-electron chi connectivity index (χ3n) is 3.00. The first-order valence-electron chi connectivity index (χ1n) is 7.18. The van der Waals surface area contributed by atoms with E-state index in [1.807, 2.05) is 0 Å². The second kappa shape index (κ2) is 8.67. The number of nitrogens with one attached hydrogen (secondary N) is 2. The highest BCUT2D eigenvalue weighted by Crippen LogP contribution is 2.09. The number of hydrogen-bond acceptors (Lipinski definition) is 3. The highest BCUT2D eigenvalue weighted by atomic mass is 32.2. The molecule has 0 bridgehead atoms. The van der Waals surface area contributed by atoms with Crippen molar-refractivity contribution in [2.24, 2.45) is 10.9 Å². The molecule has 118 valence electrons. The predicted octanol–water partition coefficient (Wildman–Crippen LogP) is 1.67. The Morgan fingerprint density at radius 2 is 1.76 bits per heavy atom. The predicted molar refractivity (Wildman–Crippen MR) is 87.3 cm³/mol. The Balaban J connectivity index is 2.41. The molecular formula is C15H25N3O2S. The Labute approximate surface area is 127 Å². The van der Waals surface area contributed by atoms with Crippen LogP contribution >= 0.6 is 0 Å². The van der Waals surface area contributed by atoms with E-state index in [9.17, 15) is 8.42 Å². The van der Waals surface area contributed by atoms with Crippen LogP contribution in [-0.2, 0) is 9.84 Å². The van der Waals surface area contributed by atoms with E-state index in [0.29, 0.717) is 23.3 Å². The summed E-state index contributed by atoms with van der Waals surface area (Å²) in [5.41, 5.74) is 0. The van der Waals surface area contributed by atoms with Crippen molar-refractivity contribution in [1.29, 1.82) is 0 Å². The van der Waals surface area contributed by atoms with E-state index >= 15 is 0 Å². The second-order valence-electron chi connectivity index (χ2n) is 5.24. The Hall–Kier alpha value is -1.56. The SMILES string of the molecule is CN=C(NCCC(C)C)NCCS(=O)(=O)c1ccccc1. The van der Waals surface area contributed by atoms with Gasteiger partial charge in [0.05, 0.1) is 10.6 Å². The van der Waals surface area contributed by atoms with Crippen LogP contribution in [0.4, 0.5) is 0 Å². The molecule has 21 heavy (non-hydrogen) atoms. The van der Waals surface area contributed by atoms with E-state index < -0.39 is 9.84 Å². The van der Waals surface area contributed by atoms with Gasteiger partial charge in [0.2, 0.25) is 0 Å². The Bertz CT molecular complexity index is 539. The van der Waals surface area contributed by atoms with E-state index in [-0.39, 0.29) is 5.75 Å². The third kappa shape index (κ3) is 6.62. The molecule has 0 aliphatic rings. The number of aliphatic imine (C=N–C) groups is 1. The molecule has 0 saturated heterocycles. The molecule has 5 nitrogen and oxygen atoms in total. The maximum Gasteiger partial charge on any atom is 0.191 e. The summed E-state index contributed by atoms with van der Waals surface area (Å²) < 4.78 is 24.2. The van der Waals surface area contributed by atoms with Crippen molar-refractivity contribution < 1.29 is 8.42 Å². The van der Waals surface area contributed by atoms with E-state index in [4.69, 9.17) is 0 Å². The first-order chi connectivity index (χ1) is 9.95. The van der Waals surface area contributed by atoms with Crippen LogP contribution in [0, 0.1) is 5.92 Å². The molecule has 1 aromatic rings. The van der Waals surface area contributed by atoms with Crippen LogP contribution in [0.15, 0.2) is 40.2 Å². The lowest BCUT2D eigenvalue weighted by atomic mass is 10.1. The number of nitrogens with zero attached hydrogens (tertiary/aromatic N) is 1. The quantitative estimate of drug-likeness (QED) is 0.593. The highest BCUT2D eigenvalue weighted by molar-refractivity contribution is 7.91. The van der Waals surface area contributed by atoms with Crippen LogP contribution in [-0.4, -0.2) is 40.3 Å². The largest absolute Gasteiger partial charge is 0.356 e. The van der Waals surface area contributed by atoms with Crippen LogP contribution in [0.25, 0.3) is 0 Å². The topological polar surface area (TPSA) is 70.6 Å². The van der Waals surface area contributed by atoms with E-state index in [1.54, 1.807) is 37.4 Å². The Morgan fingerprint density at radius 1 is 1.14 bits per heavy atom. The molecule has 1 rings (SSSR count). The van der Waals surface area contributed by atoms with Crippen LogP contribution in [0.1, 0.15) is 20.3 Å². The van der Waals surface area contributed by atoms with Crippen molar-refractivity contribution in [2.45, 2.75) is 25.2 Å². The molecule has 0 radical (unpaired) electrons. The number of hydrogen-bond donors (Lipinski definition) is 2. The molecule has 0 aliphatic heterocycles. The molecule has 0 heterocycles. The van der Waals surface area contributed by atoms with Crippen molar-refractivity contribution in [1.82, 2.24) is 10.6 Å². The monoisotopic (exact) mass is 311 g/mol. The standard InChI is InChI=1S/C15H25N3O2S/c1-13(2)9-10-17-15(16-3)18-11-12-21(19,20)14-7-5-4-6-8-14/h4-8,13H,9-12H2,1-3H3,(H2,16,17,18). The van der Waals surface area contributed by atoms with E-state index in [2.05, 4.69) is 29.5 Å². The molecule has 0 atom stereocenters. The second-order valence-corrected chi connectivity index (χ2v) is 7.35. The van der Waals surface area contributed by atoms with Gasteiger partial charge in [-0.2, -0.15) is 0 Å². The van der Waals surface area contributed by atoms with Gasteiger partial charge in [0.25, 0.3) is 0 Å². The fourth-order valence-electron chi connectivity index (χ4n) is 1.75. The van der Waals surface area contributed by atoms with Crippen LogP contribution in [0.3, 0.4) is 0 Å². The fraction of sp³-hybridized carbons (Fsp3) is 0.533. The van der Waals surface area contributed by atoms with Gasteiger partial charge in [-0.15, -0.1) is 0 Å². The molecule has 0 unspecified atom stereocenters. The number of sulfone groups is 1. The summed E-state index contributed by atoms with van der Waals surface area (Å²) in [7, 11) is -1.57. The van der Waals surface area contributed by atoms with E-state index in [0.717, 1.165) is 13.0 Å². The molecule has 2 N–H and O–H groups in total. The summed E-state index contributed by atoms with van der Waals surface area (Å²) >= 11 is 0. The van der Waals surface area contributed by atoms with Crippen molar-refractivity contribution in [2.75, 3.05) is 25.9 Å². The first-order valence-corrected chi connectivity index (χ1v) is 8.83. The minimum Gasteiger partial charge on any atom is -0.356 e. The van der Waals surface area contributed by atoms with Gasteiger partial charge in [-0.3, -0.25) is 4.99 Å². The summed E-state index contributed by atoms with van der Waals surface area (Å²) in [6, 6.07) is 8.49. The van der Waals surface area contributed by atoms with Gasteiger partial charge in [0.15, 0.2) is 15.8 Å². The van der Waals surface area contributed by atoms with Crippen molar-refractivity contribution in [3.8, 4) is 0 Å². The maximum absolute atomic E-state index is 12.1. The summed E-state index contributed by atoms with van der Waals surface area (Å²) in [6.45, 7) is 5.47. The average molecular weight is 311 g/mol. The highest BCUT2D eigenvalue weighted by Gasteiger charge is 2.13. The summed E-state index contributed by atoms with van der Waals surface area (Å²) in [6.07, 6.45) is 1.04. The lowest BCUT2D eigenvalue weighted by Crippen LogP contribution is -2.40. The van der Waals surface area contributed by atoms with Gasteiger partial charge in [-0.25, -0.2) is 8.42 Å². The van der Waals surface area contributed by atoms with Crippen LogP contribution < -0.4 is 10.6 Å². The molecule has 0 saturated carbocycles. The average Bonchev–Trinajstić information content (AvgIpc) is 2.46. The summed E-state index contributed by atoms with van der Waals surface area (Å²) in [4.78, 5) is 4.43. The normalized spacial score (nSPS) is 12.5. The van der Waals surface area contributed by atoms with Gasteiger partial charge in [-0.1, -0.05) is 32.0 Å². The first kappa shape index (κ1) is 17.5. The summed E-state index contributed by atoms with van der Waals surface area (Å²) in [5.74, 6) is 1.30. The van der Waals surface area contributed by atoms with Gasteiger partial charge in [0, 0.05) is 20.1 Å². The van der Waals surface area contributed by atoms with Gasteiger partial charge >= 0.3 is 0 Å².